The van der Waals surface area contributed by atoms with E-state index >= 15 is 0 Å². The zero-order valence-electron chi connectivity index (χ0n) is 20.0. The molecule has 1 aliphatic heterocycles. The average Bonchev–Trinajstić information content (AvgIpc) is 2.85. The predicted molar refractivity (Wildman–Crippen MR) is 136 cm³/mol. The Morgan fingerprint density at radius 3 is 2.28 bits per heavy atom. The molecule has 0 saturated carbocycles. The first-order valence-electron chi connectivity index (χ1n) is 11.2. The van der Waals surface area contributed by atoms with E-state index in [1.54, 1.807) is 53.1 Å². The van der Waals surface area contributed by atoms with Crippen LogP contribution in [0.25, 0.3) is 0 Å². The molecule has 1 atom stereocenters. The minimum Gasteiger partial charge on any atom is -0.480 e. The second-order valence-electron chi connectivity index (χ2n) is 8.35. The van der Waals surface area contributed by atoms with E-state index < -0.39 is 40.6 Å². The van der Waals surface area contributed by atoms with Crippen molar-refractivity contribution >= 4 is 39.8 Å². The largest absolute Gasteiger partial charge is 0.480 e. The highest BCUT2D eigenvalue weighted by atomic mass is 32.2. The number of carboxylic acid groups (broad SMARTS) is 1. The molecular weight excluding hydrogens is 506 g/mol. The monoisotopic (exact) mass is 535 g/mol. The van der Waals surface area contributed by atoms with Crippen molar-refractivity contribution in [2.75, 3.05) is 38.2 Å². The van der Waals surface area contributed by atoms with Gasteiger partial charge in [0.15, 0.2) is 0 Å². The summed E-state index contributed by atoms with van der Waals surface area (Å²) in [6.07, 6.45) is -0.462. The highest BCUT2D eigenvalue weighted by molar-refractivity contribution is 7.99. The van der Waals surface area contributed by atoms with Crippen LogP contribution in [0.3, 0.4) is 0 Å². The van der Waals surface area contributed by atoms with Gasteiger partial charge in [-0.1, -0.05) is 29.8 Å². The van der Waals surface area contributed by atoms with Crippen molar-refractivity contribution in [3.63, 3.8) is 0 Å². The van der Waals surface area contributed by atoms with Crippen molar-refractivity contribution in [3.8, 4) is 5.75 Å². The number of carbonyl (C=O) groups is 3. The van der Waals surface area contributed by atoms with Gasteiger partial charge in [0.1, 0.15) is 11.8 Å². The number of benzene rings is 2. The maximum Gasteiger partial charge on any atom is 0.415 e. The third-order valence-electron chi connectivity index (χ3n) is 5.57. The summed E-state index contributed by atoms with van der Waals surface area (Å²) in [5, 5.41) is 12.0. The van der Waals surface area contributed by atoms with Gasteiger partial charge in [0.25, 0.3) is 0 Å². The van der Waals surface area contributed by atoms with Crippen molar-refractivity contribution < 1.29 is 32.6 Å². The van der Waals surface area contributed by atoms with E-state index in [-0.39, 0.29) is 11.3 Å². The molecule has 0 aromatic heterocycles. The molecule has 2 N–H and O–H groups in total. The Labute approximate surface area is 214 Å². The second kappa shape index (κ2) is 12.2. The number of likely N-dealkylation sites (N-methyl/N-ethyl adjacent to an activating group) is 1. The molecule has 0 radical (unpaired) electrons. The number of hydrogen-bond donors (Lipinski definition) is 2. The van der Waals surface area contributed by atoms with E-state index in [2.05, 4.69) is 5.32 Å². The quantitative estimate of drug-likeness (QED) is 0.498. The second-order valence-corrected chi connectivity index (χ2v) is 11.6. The number of nitrogens with zero attached hydrogens (tertiary/aromatic N) is 2. The maximum atomic E-state index is 12.7. The lowest BCUT2D eigenvalue weighted by atomic mass is 10.1. The number of carbonyl (C=O) groups excluding carboxylic acids is 2. The lowest BCUT2D eigenvalue weighted by Crippen LogP contribution is -2.46. The van der Waals surface area contributed by atoms with Crippen molar-refractivity contribution in [2.24, 2.45) is 0 Å². The Bertz CT molecular complexity index is 1180. The molecule has 0 aliphatic carbocycles. The summed E-state index contributed by atoms with van der Waals surface area (Å²) >= 11 is 1.78. The van der Waals surface area contributed by atoms with Crippen LogP contribution < -0.4 is 10.1 Å². The first kappa shape index (κ1) is 27.5. The summed E-state index contributed by atoms with van der Waals surface area (Å²) in [6, 6.07) is 11.3. The van der Waals surface area contributed by atoms with Crippen molar-refractivity contribution in [1.82, 2.24) is 14.5 Å². The minimum absolute atomic E-state index is 0.0346. The van der Waals surface area contributed by atoms with Gasteiger partial charge >= 0.3 is 12.1 Å². The number of carboxylic acids is 1. The molecular formula is C24H29N3O7S2. The lowest BCUT2D eigenvalue weighted by Gasteiger charge is -2.25. The van der Waals surface area contributed by atoms with Crippen LogP contribution in [0.1, 0.15) is 11.1 Å². The zero-order valence-corrected chi connectivity index (χ0v) is 21.7. The van der Waals surface area contributed by atoms with Crippen LogP contribution in [-0.2, 0) is 26.0 Å². The SMILES string of the molecule is Cc1ccc(S(=O)(=O)N(C)CC(=O)N[C@@H](Cc2ccc(OC(=O)N3CCSCC3)cc2)C(=O)O)cc1. The molecule has 10 nitrogen and oxygen atoms in total. The summed E-state index contributed by atoms with van der Waals surface area (Å²) in [7, 11) is -2.65. The molecule has 0 spiro atoms. The number of aliphatic carboxylic acids is 1. The number of nitrogens with one attached hydrogen (secondary N) is 1. The number of rotatable bonds is 9. The first-order valence-corrected chi connectivity index (χ1v) is 13.8. The summed E-state index contributed by atoms with van der Waals surface area (Å²) in [5.74, 6) is 0.0612. The van der Waals surface area contributed by atoms with E-state index in [1.165, 1.54) is 19.2 Å². The Morgan fingerprint density at radius 1 is 1.08 bits per heavy atom. The molecule has 1 heterocycles. The molecule has 0 unspecified atom stereocenters. The number of amides is 2. The first-order chi connectivity index (χ1) is 17.1. The van der Waals surface area contributed by atoms with Gasteiger partial charge < -0.3 is 20.1 Å². The molecule has 2 aromatic rings. The fraction of sp³-hybridized carbons (Fsp3) is 0.375. The van der Waals surface area contributed by atoms with Gasteiger partial charge in [0, 0.05) is 38.1 Å². The number of sulfonamides is 1. The number of aryl methyl sites for hydroxylation is 1. The number of ether oxygens (including phenoxy) is 1. The summed E-state index contributed by atoms with van der Waals surface area (Å²) in [6.45, 7) is 2.55. The molecule has 36 heavy (non-hydrogen) atoms. The van der Waals surface area contributed by atoms with Gasteiger partial charge in [-0.15, -0.1) is 0 Å². The lowest BCUT2D eigenvalue weighted by molar-refractivity contribution is -0.141. The van der Waals surface area contributed by atoms with E-state index in [0.29, 0.717) is 24.4 Å². The van der Waals surface area contributed by atoms with Gasteiger partial charge in [-0.2, -0.15) is 16.1 Å². The fourth-order valence-electron chi connectivity index (χ4n) is 3.46. The van der Waals surface area contributed by atoms with E-state index in [9.17, 15) is 27.9 Å². The normalized spacial score (nSPS) is 14.8. The van der Waals surface area contributed by atoms with Gasteiger partial charge in [-0.25, -0.2) is 18.0 Å². The Hall–Kier alpha value is -3.09. The van der Waals surface area contributed by atoms with Crippen LogP contribution >= 0.6 is 11.8 Å². The highest BCUT2D eigenvalue weighted by Gasteiger charge is 2.26. The standard InChI is InChI=1S/C24H29N3O7S2/c1-17-3-9-20(10-4-17)36(32,33)26(2)16-22(28)25-21(23(29)30)15-18-5-7-19(8-6-18)34-24(31)27-11-13-35-14-12-27/h3-10,21H,11-16H2,1-2H3,(H,25,28)(H,29,30)/t21-/m0/s1. The molecule has 1 saturated heterocycles. The number of hydrogen-bond acceptors (Lipinski definition) is 7. The molecule has 1 fully saturated rings. The topological polar surface area (TPSA) is 133 Å². The average molecular weight is 536 g/mol. The molecule has 0 bridgehead atoms. The van der Waals surface area contributed by atoms with Crippen LogP contribution in [-0.4, -0.2) is 84.9 Å². The zero-order chi connectivity index (χ0) is 26.3. The molecule has 194 valence electrons. The molecule has 1 aliphatic rings. The highest BCUT2D eigenvalue weighted by Crippen LogP contribution is 2.17. The van der Waals surface area contributed by atoms with E-state index in [4.69, 9.17) is 4.74 Å². The minimum atomic E-state index is -3.91. The van der Waals surface area contributed by atoms with Gasteiger partial charge in [-0.3, -0.25) is 4.79 Å². The third kappa shape index (κ3) is 7.45. The van der Waals surface area contributed by atoms with Crippen LogP contribution in [0.15, 0.2) is 53.4 Å². The Kier molecular flexibility index (Phi) is 9.35. The summed E-state index contributed by atoms with van der Waals surface area (Å²) in [4.78, 5) is 38.1. The van der Waals surface area contributed by atoms with Crippen molar-refractivity contribution in [1.29, 1.82) is 0 Å². The van der Waals surface area contributed by atoms with E-state index in [0.717, 1.165) is 21.4 Å². The van der Waals surface area contributed by atoms with Crippen LogP contribution in [0.4, 0.5) is 4.79 Å². The van der Waals surface area contributed by atoms with Gasteiger partial charge in [-0.05, 0) is 36.8 Å². The molecule has 3 rings (SSSR count). The Balaban J connectivity index is 1.56. The third-order valence-corrected chi connectivity index (χ3v) is 8.33. The Morgan fingerprint density at radius 2 is 1.69 bits per heavy atom. The molecule has 12 heteroatoms. The van der Waals surface area contributed by atoms with Gasteiger partial charge in [0.2, 0.25) is 15.9 Å². The van der Waals surface area contributed by atoms with Crippen molar-refractivity contribution in [2.45, 2.75) is 24.3 Å². The van der Waals surface area contributed by atoms with Crippen LogP contribution in [0.5, 0.6) is 5.75 Å². The maximum absolute atomic E-state index is 12.7. The van der Waals surface area contributed by atoms with Gasteiger partial charge in [0.05, 0.1) is 11.4 Å². The van der Waals surface area contributed by atoms with E-state index in [1.807, 2.05) is 6.92 Å². The van der Waals surface area contributed by atoms with Crippen molar-refractivity contribution in [3.05, 3.63) is 59.7 Å². The van der Waals surface area contributed by atoms with Crippen LogP contribution in [0.2, 0.25) is 0 Å². The molecule has 2 aromatic carbocycles. The smallest absolute Gasteiger partial charge is 0.415 e. The summed E-state index contributed by atoms with van der Waals surface area (Å²) in [5.41, 5.74) is 1.49. The van der Waals surface area contributed by atoms with Crippen LogP contribution in [0, 0.1) is 6.92 Å². The number of thioether (sulfide) groups is 1. The predicted octanol–water partition coefficient (Wildman–Crippen LogP) is 1.98. The fourth-order valence-corrected chi connectivity index (χ4v) is 5.49. The summed E-state index contributed by atoms with van der Waals surface area (Å²) < 4.78 is 31.6. The molecule has 2 amide bonds.